The number of rotatable bonds is 6. The van der Waals surface area contributed by atoms with Gasteiger partial charge in [-0.05, 0) is 62.6 Å². The van der Waals surface area contributed by atoms with Crippen molar-refractivity contribution in [3.05, 3.63) is 54.1 Å². The van der Waals surface area contributed by atoms with E-state index in [0.29, 0.717) is 17.5 Å². The molecule has 30 heavy (non-hydrogen) atoms. The third-order valence-corrected chi connectivity index (χ3v) is 6.24. The molecule has 3 heterocycles. The predicted molar refractivity (Wildman–Crippen MR) is 116 cm³/mol. The van der Waals surface area contributed by atoms with E-state index in [1.54, 1.807) is 12.5 Å². The zero-order chi connectivity index (χ0) is 21.1. The topological polar surface area (TPSA) is 77.6 Å². The summed E-state index contributed by atoms with van der Waals surface area (Å²) in [5.41, 5.74) is 5.45. The van der Waals surface area contributed by atoms with Crippen molar-refractivity contribution in [2.45, 2.75) is 52.0 Å². The molecule has 7 nitrogen and oxygen atoms in total. The van der Waals surface area contributed by atoms with Crippen molar-refractivity contribution in [2.24, 2.45) is 13.0 Å². The van der Waals surface area contributed by atoms with Gasteiger partial charge in [0.15, 0.2) is 0 Å². The van der Waals surface area contributed by atoms with E-state index in [-0.39, 0.29) is 5.91 Å². The van der Waals surface area contributed by atoms with Gasteiger partial charge >= 0.3 is 0 Å². The molecule has 1 N–H and O–H groups in total. The molecular weight excluding hydrogens is 376 g/mol. The second-order valence-electron chi connectivity index (χ2n) is 8.28. The minimum atomic E-state index is -0.0309. The molecule has 1 amide bonds. The molecule has 0 spiro atoms. The first-order chi connectivity index (χ1) is 14.6. The van der Waals surface area contributed by atoms with Crippen LogP contribution < -0.4 is 5.32 Å². The van der Waals surface area contributed by atoms with E-state index < -0.39 is 0 Å². The van der Waals surface area contributed by atoms with Crippen molar-refractivity contribution in [1.82, 2.24) is 29.6 Å². The van der Waals surface area contributed by atoms with Gasteiger partial charge in [0.2, 0.25) is 0 Å². The summed E-state index contributed by atoms with van der Waals surface area (Å²) in [5.74, 6) is 0.942. The highest BCUT2D eigenvalue weighted by atomic mass is 16.1. The number of amides is 1. The summed E-state index contributed by atoms with van der Waals surface area (Å²) in [6.45, 7) is 5.58. The van der Waals surface area contributed by atoms with Crippen LogP contribution in [0, 0.1) is 12.8 Å². The van der Waals surface area contributed by atoms with Gasteiger partial charge in [-0.3, -0.25) is 14.5 Å². The van der Waals surface area contributed by atoms with E-state index in [2.05, 4.69) is 34.5 Å². The molecule has 0 saturated heterocycles. The van der Waals surface area contributed by atoms with Crippen LogP contribution in [0.1, 0.15) is 60.3 Å². The SMILES string of the molecule is CCn1cncc1C(=O)NCC1CCC(c2nn(C)cc2-c2ccncc2C)CC1. The van der Waals surface area contributed by atoms with E-state index in [1.807, 2.05) is 35.6 Å². The Labute approximate surface area is 177 Å². The van der Waals surface area contributed by atoms with Crippen LogP contribution in [0.5, 0.6) is 0 Å². The Morgan fingerprint density at radius 2 is 1.97 bits per heavy atom. The van der Waals surface area contributed by atoms with Crippen LogP contribution in [0.2, 0.25) is 0 Å². The highest BCUT2D eigenvalue weighted by Crippen LogP contribution is 2.39. The summed E-state index contributed by atoms with van der Waals surface area (Å²) in [4.78, 5) is 20.8. The number of nitrogens with zero attached hydrogens (tertiary/aromatic N) is 5. The lowest BCUT2D eigenvalue weighted by atomic mass is 9.79. The van der Waals surface area contributed by atoms with Crippen molar-refractivity contribution in [3.63, 3.8) is 0 Å². The highest BCUT2D eigenvalue weighted by molar-refractivity contribution is 5.92. The van der Waals surface area contributed by atoms with E-state index in [9.17, 15) is 4.79 Å². The Kier molecular flexibility index (Phi) is 5.97. The largest absolute Gasteiger partial charge is 0.350 e. The molecule has 0 radical (unpaired) electrons. The lowest BCUT2D eigenvalue weighted by molar-refractivity contribution is 0.0933. The van der Waals surface area contributed by atoms with E-state index in [0.717, 1.165) is 38.8 Å². The lowest BCUT2D eigenvalue weighted by Crippen LogP contribution is -2.32. The number of carbonyl (C=O) groups excluding carboxylic acids is 1. The fraction of sp³-hybridized carbons (Fsp3) is 0.478. The molecule has 0 atom stereocenters. The maximum absolute atomic E-state index is 12.5. The van der Waals surface area contributed by atoms with Crippen LogP contribution in [0.4, 0.5) is 0 Å². The minimum Gasteiger partial charge on any atom is -0.350 e. The molecule has 3 aromatic rings. The van der Waals surface area contributed by atoms with Crippen LogP contribution in [0.3, 0.4) is 0 Å². The number of hydrogen-bond donors (Lipinski definition) is 1. The number of nitrogens with one attached hydrogen (secondary N) is 1. The lowest BCUT2D eigenvalue weighted by Gasteiger charge is -2.28. The molecule has 7 heteroatoms. The smallest absolute Gasteiger partial charge is 0.269 e. The van der Waals surface area contributed by atoms with Crippen LogP contribution >= 0.6 is 0 Å². The fourth-order valence-corrected chi connectivity index (χ4v) is 4.52. The second kappa shape index (κ2) is 8.81. The summed E-state index contributed by atoms with van der Waals surface area (Å²) in [6, 6.07) is 2.08. The molecular formula is C23H30N6O. The average molecular weight is 407 g/mol. The fourth-order valence-electron chi connectivity index (χ4n) is 4.52. The van der Waals surface area contributed by atoms with Gasteiger partial charge in [-0.1, -0.05) is 0 Å². The molecule has 0 aromatic carbocycles. The van der Waals surface area contributed by atoms with E-state index in [4.69, 9.17) is 5.10 Å². The molecule has 4 rings (SSSR count). The summed E-state index contributed by atoms with van der Waals surface area (Å²) in [5, 5.41) is 7.93. The number of aryl methyl sites for hydroxylation is 3. The molecule has 0 aliphatic heterocycles. The van der Waals surface area contributed by atoms with E-state index >= 15 is 0 Å². The number of pyridine rings is 1. The van der Waals surface area contributed by atoms with Crippen molar-refractivity contribution in [2.75, 3.05) is 6.54 Å². The average Bonchev–Trinajstić information content (AvgIpc) is 3.39. The van der Waals surface area contributed by atoms with Gasteiger partial charge in [0.25, 0.3) is 5.91 Å². The second-order valence-corrected chi connectivity index (χ2v) is 8.28. The Morgan fingerprint density at radius 1 is 1.17 bits per heavy atom. The maximum atomic E-state index is 12.5. The number of carbonyl (C=O) groups is 1. The zero-order valence-electron chi connectivity index (χ0n) is 18.0. The summed E-state index contributed by atoms with van der Waals surface area (Å²) >= 11 is 0. The van der Waals surface area contributed by atoms with Gasteiger partial charge in [0.05, 0.1) is 18.2 Å². The normalized spacial score (nSPS) is 19.0. The van der Waals surface area contributed by atoms with Gasteiger partial charge in [-0.25, -0.2) is 4.98 Å². The van der Waals surface area contributed by atoms with Gasteiger partial charge in [-0.15, -0.1) is 0 Å². The Bertz CT molecular complexity index is 1010. The van der Waals surface area contributed by atoms with Crippen molar-refractivity contribution < 1.29 is 4.79 Å². The van der Waals surface area contributed by atoms with Crippen LogP contribution in [-0.4, -0.2) is 36.8 Å². The summed E-state index contributed by atoms with van der Waals surface area (Å²) in [7, 11) is 1.99. The van der Waals surface area contributed by atoms with Crippen LogP contribution in [0.25, 0.3) is 11.1 Å². The van der Waals surface area contributed by atoms with Gasteiger partial charge in [0.1, 0.15) is 5.69 Å². The molecule has 3 aromatic heterocycles. The molecule has 1 aliphatic rings. The van der Waals surface area contributed by atoms with Crippen molar-refractivity contribution >= 4 is 5.91 Å². The Hall–Kier alpha value is -2.96. The molecule has 1 aliphatic carbocycles. The maximum Gasteiger partial charge on any atom is 0.269 e. The number of imidazole rings is 1. The molecule has 1 saturated carbocycles. The number of hydrogen-bond acceptors (Lipinski definition) is 4. The predicted octanol–water partition coefficient (Wildman–Crippen LogP) is 3.71. The summed E-state index contributed by atoms with van der Waals surface area (Å²) < 4.78 is 3.80. The first kappa shape index (κ1) is 20.3. The van der Waals surface area contributed by atoms with Crippen LogP contribution in [0.15, 0.2) is 37.2 Å². The Morgan fingerprint density at radius 3 is 2.70 bits per heavy atom. The quantitative estimate of drug-likeness (QED) is 0.677. The van der Waals surface area contributed by atoms with Crippen molar-refractivity contribution in [3.8, 4) is 11.1 Å². The first-order valence-electron chi connectivity index (χ1n) is 10.8. The monoisotopic (exact) mass is 406 g/mol. The summed E-state index contributed by atoms with van der Waals surface area (Å²) in [6.07, 6.45) is 13.6. The minimum absolute atomic E-state index is 0.0309. The third-order valence-electron chi connectivity index (χ3n) is 6.24. The van der Waals surface area contributed by atoms with Crippen molar-refractivity contribution in [1.29, 1.82) is 0 Å². The van der Waals surface area contributed by atoms with E-state index in [1.165, 1.54) is 22.4 Å². The molecule has 0 unspecified atom stereocenters. The Balaban J connectivity index is 1.38. The zero-order valence-corrected chi connectivity index (χ0v) is 18.0. The molecule has 1 fully saturated rings. The third kappa shape index (κ3) is 4.15. The highest BCUT2D eigenvalue weighted by Gasteiger charge is 2.27. The van der Waals surface area contributed by atoms with Gasteiger partial charge < -0.3 is 9.88 Å². The van der Waals surface area contributed by atoms with Gasteiger partial charge in [-0.2, -0.15) is 5.10 Å². The molecule has 158 valence electrons. The molecule has 0 bridgehead atoms. The number of aromatic nitrogens is 5. The van der Waals surface area contributed by atoms with Gasteiger partial charge in [0, 0.05) is 50.2 Å². The standard InChI is InChI=1S/C23H30N6O/c1-4-29-15-25-13-21(29)23(30)26-12-17-5-7-18(8-6-17)22-20(14-28(3)27-22)19-9-10-24-11-16(19)2/h9-11,13-15,17-18H,4-8,12H2,1-3H3,(H,26,30). The van der Waals surface area contributed by atoms with Crippen LogP contribution in [-0.2, 0) is 13.6 Å². The first-order valence-corrected chi connectivity index (χ1v) is 10.8.